The molecule has 0 saturated carbocycles. The molecule has 24 heavy (non-hydrogen) atoms. The highest BCUT2D eigenvalue weighted by Crippen LogP contribution is 2.19. The monoisotopic (exact) mass is 352 g/mol. The number of benzene rings is 2. The summed E-state index contributed by atoms with van der Waals surface area (Å²) in [5.74, 6) is -3.21. The first-order valence-electron chi connectivity index (χ1n) is 6.72. The fourth-order valence-corrected chi connectivity index (χ4v) is 2.47. The predicted molar refractivity (Wildman–Crippen MR) is 76.9 cm³/mol. The fraction of sp³-hybridized carbons (Fsp3) is 0.0625. The summed E-state index contributed by atoms with van der Waals surface area (Å²) in [5, 5.41) is 13.2. The first-order chi connectivity index (χ1) is 11.0. The van der Waals surface area contributed by atoms with Crippen LogP contribution >= 0.6 is 0 Å². The van der Waals surface area contributed by atoms with Crippen LogP contribution in [0.2, 0.25) is 0 Å². The molecular weight excluding hydrogens is 342 g/mol. The smallest absolute Gasteiger partial charge is 0.338 e. The Balaban J connectivity index is 0.00000208. The number of carbonyl (C=O) groups excluding carboxylic acids is 1. The molecule has 1 unspecified atom stereocenters. The van der Waals surface area contributed by atoms with Crippen molar-refractivity contribution < 1.29 is 40.9 Å². The van der Waals surface area contributed by atoms with Gasteiger partial charge in [-0.15, -0.1) is 0 Å². The number of carboxylic acid groups (broad SMARTS) is 1. The maximum absolute atomic E-state index is 14.1. The van der Waals surface area contributed by atoms with E-state index in [0.29, 0.717) is 10.6 Å². The number of halogens is 3. The van der Waals surface area contributed by atoms with Crippen LogP contribution in [0.4, 0.5) is 14.5 Å². The van der Waals surface area contributed by atoms with Gasteiger partial charge in [0.2, 0.25) is 11.5 Å². The molecule has 1 heterocycles. The van der Waals surface area contributed by atoms with Gasteiger partial charge in [-0.05, 0) is 24.3 Å². The van der Waals surface area contributed by atoms with Crippen LogP contribution in [-0.4, -0.2) is 23.1 Å². The van der Waals surface area contributed by atoms with E-state index in [4.69, 9.17) is 5.11 Å². The lowest BCUT2D eigenvalue weighted by atomic mass is 10.1. The molecule has 0 aromatic heterocycles. The number of rotatable bonds is 3. The van der Waals surface area contributed by atoms with Crippen molar-refractivity contribution in [2.75, 3.05) is 0 Å². The van der Waals surface area contributed by atoms with Gasteiger partial charge in [-0.2, -0.15) is 5.01 Å². The van der Waals surface area contributed by atoms with Crippen molar-refractivity contribution in [2.24, 2.45) is 5.10 Å². The summed E-state index contributed by atoms with van der Waals surface area (Å²) in [6.07, 6.45) is 1.10. The number of aromatic carboxylic acids is 1. The third-order valence-electron chi connectivity index (χ3n) is 3.54. The number of hydrogen-bond acceptors (Lipinski definition) is 3. The Morgan fingerprint density at radius 3 is 2.62 bits per heavy atom. The van der Waals surface area contributed by atoms with Gasteiger partial charge >= 0.3 is 5.97 Å². The molecule has 2 aromatic rings. The van der Waals surface area contributed by atoms with E-state index in [9.17, 15) is 18.4 Å². The van der Waals surface area contributed by atoms with Gasteiger partial charge in [-0.1, -0.05) is 17.2 Å². The van der Waals surface area contributed by atoms with Crippen molar-refractivity contribution in [3.05, 3.63) is 64.7 Å². The first-order valence-corrected chi connectivity index (χ1v) is 6.72. The summed E-state index contributed by atoms with van der Waals surface area (Å²) in [4.78, 5) is 22.7. The number of quaternary nitrogens is 1. The Morgan fingerprint density at radius 1 is 1.17 bits per heavy atom. The Labute approximate surface area is 141 Å². The van der Waals surface area contributed by atoms with E-state index in [1.54, 1.807) is 0 Å². The Bertz CT molecular complexity index is 855. The number of hydrogen-bond donors (Lipinski definition) is 2. The number of nitrogens with zero attached hydrogens (tertiary/aromatic N) is 1. The average Bonchev–Trinajstić information content (AvgIpc) is 2.52. The van der Waals surface area contributed by atoms with Crippen LogP contribution in [0.1, 0.15) is 26.3 Å². The zero-order chi connectivity index (χ0) is 16.6. The van der Waals surface area contributed by atoms with Crippen LogP contribution in [0, 0.1) is 11.6 Å². The van der Waals surface area contributed by atoms with E-state index in [1.165, 1.54) is 30.3 Å². The molecule has 0 aliphatic carbocycles. The topological polar surface area (TPSA) is 71.2 Å². The molecule has 0 fully saturated rings. The third kappa shape index (κ3) is 3.17. The highest BCUT2D eigenvalue weighted by molar-refractivity contribution is 6.36. The molecule has 2 aromatic carbocycles. The van der Waals surface area contributed by atoms with E-state index in [2.05, 4.69) is 5.10 Å². The van der Waals surface area contributed by atoms with Crippen LogP contribution in [0.25, 0.3) is 0 Å². The molecule has 2 N–H and O–H groups in total. The van der Waals surface area contributed by atoms with Gasteiger partial charge in [-0.25, -0.2) is 13.6 Å². The van der Waals surface area contributed by atoms with Crippen LogP contribution in [-0.2, 0) is 6.54 Å². The molecule has 0 radical (unpaired) electrons. The lowest BCUT2D eigenvalue weighted by Gasteiger charge is -2.18. The van der Waals surface area contributed by atoms with Gasteiger partial charge < -0.3 is 17.5 Å². The minimum absolute atomic E-state index is 0. The van der Waals surface area contributed by atoms with Gasteiger partial charge in [-0.3, -0.25) is 4.79 Å². The molecule has 1 aliphatic rings. The molecule has 1 atom stereocenters. The van der Waals surface area contributed by atoms with Gasteiger partial charge in [0.15, 0.2) is 5.82 Å². The molecule has 0 spiro atoms. The summed E-state index contributed by atoms with van der Waals surface area (Å²) in [6, 6.07) is 7.78. The van der Waals surface area contributed by atoms with E-state index in [-0.39, 0.29) is 30.2 Å². The summed E-state index contributed by atoms with van der Waals surface area (Å²) in [7, 11) is 0. The number of Topliss-reactive ketones (excluding diaryl/α,β-unsaturated/α-hetero) is 1. The normalized spacial score (nSPS) is 15.6. The Hall–Kier alpha value is -2.64. The SMILES string of the molecule is O=C(O)c1cc(C[NH+]2N=CC(=O)c3cccc(F)c32)ccc1F.[Cl-]. The molecule has 124 valence electrons. The maximum Gasteiger partial charge on any atom is 0.338 e. The summed E-state index contributed by atoms with van der Waals surface area (Å²) >= 11 is 0. The van der Waals surface area contributed by atoms with Crippen molar-refractivity contribution in [1.82, 2.24) is 0 Å². The predicted octanol–water partition coefficient (Wildman–Crippen LogP) is -1.43. The molecule has 8 heteroatoms. The van der Waals surface area contributed by atoms with E-state index < -0.39 is 29.0 Å². The Morgan fingerprint density at radius 2 is 1.92 bits per heavy atom. The molecule has 0 saturated heterocycles. The largest absolute Gasteiger partial charge is 1.00 e. The number of fused-ring (bicyclic) bond motifs is 1. The Kier molecular flexibility index (Phi) is 5.06. The lowest BCUT2D eigenvalue weighted by molar-refractivity contribution is -0.855. The molecule has 5 nitrogen and oxygen atoms in total. The highest BCUT2D eigenvalue weighted by Gasteiger charge is 2.29. The minimum atomic E-state index is -1.39. The minimum Gasteiger partial charge on any atom is -1.00 e. The molecule has 0 amide bonds. The average molecular weight is 353 g/mol. The van der Waals surface area contributed by atoms with Gasteiger partial charge in [0, 0.05) is 5.56 Å². The zero-order valence-electron chi connectivity index (χ0n) is 12.1. The second-order valence-electron chi connectivity index (χ2n) is 5.03. The molecular formula is C16H11ClF2N2O3. The highest BCUT2D eigenvalue weighted by atomic mass is 35.5. The number of para-hydroxylation sites is 1. The maximum atomic E-state index is 14.1. The van der Waals surface area contributed by atoms with Crippen LogP contribution in [0.5, 0.6) is 0 Å². The van der Waals surface area contributed by atoms with Crippen molar-refractivity contribution in [1.29, 1.82) is 0 Å². The number of ketones is 1. The zero-order valence-corrected chi connectivity index (χ0v) is 12.8. The standard InChI is InChI=1S/C16H10F2N2O3.ClH/c17-12-5-4-9(6-11(12)16(22)23)8-20-15-10(14(21)7-19-20)2-1-3-13(15)18;/h1-7H,8H2,(H,22,23);1H. The summed E-state index contributed by atoms with van der Waals surface area (Å²) in [6.45, 7) is 0.0816. The number of nitrogens with one attached hydrogen (secondary N) is 1. The first kappa shape index (κ1) is 17.7. The van der Waals surface area contributed by atoms with Crippen LogP contribution in [0.3, 0.4) is 0 Å². The lowest BCUT2D eigenvalue weighted by Crippen LogP contribution is -3.02. The molecule has 3 rings (SSSR count). The van der Waals surface area contributed by atoms with Crippen molar-refractivity contribution in [3.63, 3.8) is 0 Å². The van der Waals surface area contributed by atoms with E-state index in [0.717, 1.165) is 12.3 Å². The van der Waals surface area contributed by atoms with Crippen molar-refractivity contribution in [3.8, 4) is 0 Å². The molecule has 0 bridgehead atoms. The van der Waals surface area contributed by atoms with Gasteiger partial charge in [0.25, 0.3) is 0 Å². The van der Waals surface area contributed by atoms with Crippen LogP contribution < -0.4 is 17.4 Å². The van der Waals surface area contributed by atoms with Crippen molar-refractivity contribution in [2.45, 2.75) is 6.54 Å². The quantitative estimate of drug-likeness (QED) is 0.711. The van der Waals surface area contributed by atoms with Gasteiger partial charge in [0.1, 0.15) is 18.6 Å². The molecule has 1 aliphatic heterocycles. The second-order valence-corrected chi connectivity index (χ2v) is 5.03. The van der Waals surface area contributed by atoms with E-state index >= 15 is 0 Å². The fourth-order valence-electron chi connectivity index (χ4n) is 2.47. The number of carbonyl (C=O) groups is 2. The van der Waals surface area contributed by atoms with Gasteiger partial charge in [0.05, 0.1) is 11.1 Å². The number of carboxylic acids is 1. The summed E-state index contributed by atoms with van der Waals surface area (Å²) < 4.78 is 27.5. The van der Waals surface area contributed by atoms with Crippen molar-refractivity contribution >= 4 is 23.7 Å². The third-order valence-corrected chi connectivity index (χ3v) is 3.54. The van der Waals surface area contributed by atoms with E-state index in [1.807, 2.05) is 0 Å². The van der Waals surface area contributed by atoms with Crippen LogP contribution in [0.15, 0.2) is 41.5 Å². The second kappa shape index (κ2) is 6.86. The summed E-state index contributed by atoms with van der Waals surface area (Å²) in [5.41, 5.74) is 0.295.